The fraction of sp³-hybridized carbons (Fsp3) is 0. The normalized spacial score (nSPS) is 11.1. The lowest BCUT2D eigenvalue weighted by Crippen LogP contribution is -2.00. The van der Waals surface area contributed by atoms with E-state index in [2.05, 4.69) is 194 Å². The number of pyridine rings is 1. The van der Waals surface area contributed by atoms with Crippen LogP contribution in [0.2, 0.25) is 0 Å². The largest absolute Gasteiger partial charge is 0.255 e. The van der Waals surface area contributed by atoms with Crippen LogP contribution in [-0.4, -0.2) is 19.9 Å². The van der Waals surface area contributed by atoms with E-state index < -0.39 is 0 Å². The molecule has 272 valence electrons. The third-order valence-corrected chi connectivity index (χ3v) is 10.6. The van der Waals surface area contributed by atoms with Gasteiger partial charge in [-0.05, 0) is 50.2 Å². The monoisotopic (exact) mass is 740 g/mol. The average Bonchev–Trinajstić information content (AvgIpc) is 3.32. The topological polar surface area (TPSA) is 51.6 Å². The molecule has 0 fully saturated rings. The van der Waals surface area contributed by atoms with Gasteiger partial charge >= 0.3 is 0 Å². The number of hydrogen-bond acceptors (Lipinski definition) is 4. The van der Waals surface area contributed by atoms with Crippen LogP contribution in [0.5, 0.6) is 0 Å². The molecule has 0 bridgehead atoms. The van der Waals surface area contributed by atoms with Gasteiger partial charge in [0.25, 0.3) is 0 Å². The molecule has 0 amide bonds. The molecule has 0 unspecified atom stereocenters. The molecule has 0 atom stereocenters. The molecule has 10 aromatic rings. The van der Waals surface area contributed by atoms with Crippen LogP contribution in [-0.2, 0) is 0 Å². The third kappa shape index (κ3) is 6.95. The molecule has 8 aromatic carbocycles. The van der Waals surface area contributed by atoms with Gasteiger partial charge < -0.3 is 0 Å². The second-order valence-electron chi connectivity index (χ2n) is 14.3. The Kier molecular flexibility index (Phi) is 9.18. The molecule has 0 saturated carbocycles. The SMILES string of the molecule is c1ccc(-c2ccc(-c3nc(-c4ccc(-c5ccccc5)cc4)nc(-c4ccc(-c5cc(-c6ccccc6)cnc5-c5cccc6ccccc56)cc4)n3)cc2)cc1. The minimum Gasteiger partial charge on any atom is -0.255 e. The van der Waals surface area contributed by atoms with E-state index in [0.717, 1.165) is 72.5 Å². The lowest BCUT2D eigenvalue weighted by Gasteiger charge is -2.14. The quantitative estimate of drug-likeness (QED) is 0.156. The number of benzene rings is 8. The summed E-state index contributed by atoms with van der Waals surface area (Å²) < 4.78 is 0. The summed E-state index contributed by atoms with van der Waals surface area (Å²) in [7, 11) is 0. The van der Waals surface area contributed by atoms with Crippen molar-refractivity contribution in [3.05, 3.63) is 219 Å². The molecule has 10 rings (SSSR count). The highest BCUT2D eigenvalue weighted by Gasteiger charge is 2.17. The Morgan fingerprint density at radius 1 is 0.259 bits per heavy atom. The van der Waals surface area contributed by atoms with Crippen molar-refractivity contribution in [2.45, 2.75) is 0 Å². The Labute approximate surface area is 337 Å². The van der Waals surface area contributed by atoms with Crippen LogP contribution in [0.4, 0.5) is 0 Å². The van der Waals surface area contributed by atoms with Crippen molar-refractivity contribution in [3.63, 3.8) is 0 Å². The van der Waals surface area contributed by atoms with Gasteiger partial charge in [-0.25, -0.2) is 15.0 Å². The van der Waals surface area contributed by atoms with Gasteiger partial charge in [-0.1, -0.05) is 206 Å². The summed E-state index contributed by atoms with van der Waals surface area (Å²) in [6, 6.07) is 73.8. The van der Waals surface area contributed by atoms with Gasteiger partial charge in [-0.15, -0.1) is 0 Å². The number of hydrogen-bond donors (Lipinski definition) is 0. The maximum absolute atomic E-state index is 5.14. The molecule has 0 saturated heterocycles. The second-order valence-corrected chi connectivity index (χ2v) is 14.3. The summed E-state index contributed by atoms with van der Waals surface area (Å²) in [5.41, 5.74) is 13.7. The van der Waals surface area contributed by atoms with Crippen LogP contribution in [0.25, 0.3) is 101 Å². The Hall–Kier alpha value is -7.82. The van der Waals surface area contributed by atoms with Crippen molar-refractivity contribution in [3.8, 4) is 89.9 Å². The van der Waals surface area contributed by atoms with E-state index in [1.807, 2.05) is 24.4 Å². The van der Waals surface area contributed by atoms with E-state index in [4.69, 9.17) is 19.9 Å². The van der Waals surface area contributed by atoms with Gasteiger partial charge in [0.1, 0.15) is 0 Å². The van der Waals surface area contributed by atoms with Gasteiger partial charge in [0.2, 0.25) is 0 Å². The molecule has 2 heterocycles. The second kappa shape index (κ2) is 15.4. The minimum absolute atomic E-state index is 0.608. The van der Waals surface area contributed by atoms with Crippen LogP contribution < -0.4 is 0 Å². The van der Waals surface area contributed by atoms with E-state index in [-0.39, 0.29) is 0 Å². The zero-order valence-corrected chi connectivity index (χ0v) is 31.6. The van der Waals surface area contributed by atoms with E-state index in [1.54, 1.807) is 0 Å². The van der Waals surface area contributed by atoms with Crippen LogP contribution in [0.3, 0.4) is 0 Å². The van der Waals surface area contributed by atoms with Gasteiger partial charge in [0, 0.05) is 39.6 Å². The lowest BCUT2D eigenvalue weighted by atomic mass is 9.93. The van der Waals surface area contributed by atoms with Crippen LogP contribution >= 0.6 is 0 Å². The summed E-state index contributed by atoms with van der Waals surface area (Å²) in [5.74, 6) is 1.85. The highest BCUT2D eigenvalue weighted by molar-refractivity contribution is 6.00. The van der Waals surface area contributed by atoms with Crippen molar-refractivity contribution in [1.29, 1.82) is 0 Å². The van der Waals surface area contributed by atoms with Crippen molar-refractivity contribution < 1.29 is 0 Å². The van der Waals surface area contributed by atoms with Crippen LogP contribution in [0.15, 0.2) is 219 Å². The molecule has 4 nitrogen and oxygen atoms in total. The van der Waals surface area contributed by atoms with Crippen molar-refractivity contribution >= 4 is 10.8 Å². The molecule has 0 spiro atoms. The maximum atomic E-state index is 5.14. The molecular formula is C54H36N4. The fourth-order valence-electron chi connectivity index (χ4n) is 7.57. The van der Waals surface area contributed by atoms with Gasteiger partial charge in [0.15, 0.2) is 17.5 Å². The molecular weight excluding hydrogens is 705 g/mol. The number of aromatic nitrogens is 4. The summed E-state index contributed by atoms with van der Waals surface area (Å²) in [5, 5.41) is 2.35. The molecule has 0 aliphatic carbocycles. The average molecular weight is 741 g/mol. The zero-order valence-electron chi connectivity index (χ0n) is 31.6. The van der Waals surface area contributed by atoms with Crippen LogP contribution in [0.1, 0.15) is 0 Å². The molecule has 0 aliphatic heterocycles. The van der Waals surface area contributed by atoms with Crippen molar-refractivity contribution in [1.82, 2.24) is 19.9 Å². The summed E-state index contributed by atoms with van der Waals surface area (Å²) in [6.07, 6.45) is 1.98. The number of nitrogens with zero attached hydrogens (tertiary/aromatic N) is 4. The predicted molar refractivity (Wildman–Crippen MR) is 239 cm³/mol. The smallest absolute Gasteiger partial charge is 0.164 e. The standard InChI is InChI=1S/C54H36N4/c1-4-13-37(14-5-1)40-23-29-44(30-24-40)52-56-53(45-31-25-41(26-32-45)38-15-6-2-7-16-38)58-54(57-52)46-33-27-43(28-34-46)50-35-47(39-17-8-3-9-18-39)36-55-51(50)49-22-12-20-42-19-10-11-21-48(42)49/h1-36H. The first-order valence-corrected chi connectivity index (χ1v) is 19.5. The highest BCUT2D eigenvalue weighted by Crippen LogP contribution is 2.38. The first-order valence-electron chi connectivity index (χ1n) is 19.5. The first-order chi connectivity index (χ1) is 28.7. The van der Waals surface area contributed by atoms with Crippen molar-refractivity contribution in [2.24, 2.45) is 0 Å². The molecule has 0 N–H and O–H groups in total. The van der Waals surface area contributed by atoms with Crippen molar-refractivity contribution in [2.75, 3.05) is 0 Å². The first kappa shape index (κ1) is 34.7. The van der Waals surface area contributed by atoms with Gasteiger partial charge in [0.05, 0.1) is 5.69 Å². The van der Waals surface area contributed by atoms with E-state index in [9.17, 15) is 0 Å². The van der Waals surface area contributed by atoms with E-state index in [1.165, 1.54) is 10.8 Å². The van der Waals surface area contributed by atoms with E-state index >= 15 is 0 Å². The summed E-state index contributed by atoms with van der Waals surface area (Å²) in [4.78, 5) is 20.4. The molecule has 58 heavy (non-hydrogen) atoms. The molecule has 0 radical (unpaired) electrons. The summed E-state index contributed by atoms with van der Waals surface area (Å²) in [6.45, 7) is 0. The molecule has 4 heteroatoms. The number of rotatable bonds is 8. The Balaban J connectivity index is 1.07. The Morgan fingerprint density at radius 3 is 1.14 bits per heavy atom. The predicted octanol–water partition coefficient (Wildman–Crippen LogP) is 13.8. The Bertz CT molecular complexity index is 2890. The van der Waals surface area contributed by atoms with Gasteiger partial charge in [-0.3, -0.25) is 4.98 Å². The third-order valence-electron chi connectivity index (χ3n) is 10.6. The number of fused-ring (bicyclic) bond motifs is 1. The van der Waals surface area contributed by atoms with Crippen LogP contribution in [0, 0.1) is 0 Å². The fourth-order valence-corrected chi connectivity index (χ4v) is 7.57. The minimum atomic E-state index is 0.608. The summed E-state index contributed by atoms with van der Waals surface area (Å²) >= 11 is 0. The van der Waals surface area contributed by atoms with E-state index in [0.29, 0.717) is 17.5 Å². The Morgan fingerprint density at radius 2 is 0.638 bits per heavy atom. The molecule has 0 aliphatic rings. The maximum Gasteiger partial charge on any atom is 0.164 e. The highest BCUT2D eigenvalue weighted by atomic mass is 15.0. The van der Waals surface area contributed by atoms with Gasteiger partial charge in [-0.2, -0.15) is 0 Å². The molecule has 2 aromatic heterocycles. The zero-order chi connectivity index (χ0) is 38.7. The lowest BCUT2D eigenvalue weighted by molar-refractivity contribution is 1.07.